The molecule has 0 spiro atoms. The van der Waals surface area contributed by atoms with E-state index in [1.165, 1.54) is 0 Å². The highest BCUT2D eigenvalue weighted by Gasteiger charge is 2.16. The molecule has 1 aliphatic heterocycles. The van der Waals surface area contributed by atoms with E-state index in [4.69, 9.17) is 5.26 Å². The topological polar surface area (TPSA) is 72.1 Å². The van der Waals surface area contributed by atoms with Gasteiger partial charge in [0.2, 0.25) is 0 Å². The number of nitriles is 1. The lowest BCUT2D eigenvalue weighted by atomic mass is 10.1. The minimum absolute atomic E-state index is 0.0829. The maximum absolute atomic E-state index is 11.3. The molecule has 0 bridgehead atoms. The third-order valence-corrected chi connectivity index (χ3v) is 4.18. The fourth-order valence-corrected chi connectivity index (χ4v) is 2.67. The van der Waals surface area contributed by atoms with Crippen LogP contribution in [0.2, 0.25) is 0 Å². The Balaban J connectivity index is 1.55. The first-order valence-electron chi connectivity index (χ1n) is 8.18. The molecule has 0 radical (unpaired) electrons. The van der Waals surface area contributed by atoms with Crippen LogP contribution in [0.1, 0.15) is 22.8 Å². The molecule has 3 rings (SSSR count). The summed E-state index contributed by atoms with van der Waals surface area (Å²) in [5.74, 6) is 0.0829. The van der Waals surface area contributed by atoms with Crippen LogP contribution in [0.15, 0.2) is 58.9 Å². The van der Waals surface area contributed by atoms with Crippen LogP contribution in [0.3, 0.4) is 0 Å². The summed E-state index contributed by atoms with van der Waals surface area (Å²) in [5.41, 5.74) is 3.21. The van der Waals surface area contributed by atoms with Crippen LogP contribution < -0.4 is 4.90 Å². The lowest BCUT2D eigenvalue weighted by Gasteiger charge is -2.33. The van der Waals surface area contributed by atoms with E-state index in [0.29, 0.717) is 5.56 Å². The highest BCUT2D eigenvalue weighted by molar-refractivity contribution is 5.94. The first kappa shape index (κ1) is 16.7. The van der Waals surface area contributed by atoms with Crippen molar-refractivity contribution in [3.8, 4) is 6.07 Å². The molecule has 0 unspecified atom stereocenters. The van der Waals surface area contributed by atoms with E-state index in [1.54, 1.807) is 31.2 Å². The molecule has 25 heavy (non-hydrogen) atoms. The van der Waals surface area contributed by atoms with E-state index in [9.17, 15) is 4.79 Å². The van der Waals surface area contributed by atoms with Gasteiger partial charge < -0.3 is 4.90 Å². The van der Waals surface area contributed by atoms with E-state index < -0.39 is 0 Å². The maximum atomic E-state index is 11.3. The number of carbonyl (C=O) groups excluding carboxylic acids is 1. The zero-order chi connectivity index (χ0) is 17.6. The maximum Gasteiger partial charge on any atom is 0.159 e. The quantitative estimate of drug-likeness (QED) is 0.633. The van der Waals surface area contributed by atoms with Crippen LogP contribution in [-0.2, 0) is 0 Å². The number of anilines is 1. The summed E-state index contributed by atoms with van der Waals surface area (Å²) in [6, 6.07) is 16.8. The SMILES string of the molecule is CC(=O)c1ccc(N2CCN(/N=N/c3ccc(C#N)cc3)CC2)cc1. The zero-order valence-electron chi connectivity index (χ0n) is 14.1. The van der Waals surface area contributed by atoms with Crippen LogP contribution in [0.5, 0.6) is 0 Å². The van der Waals surface area contributed by atoms with Gasteiger partial charge in [0.1, 0.15) is 0 Å². The van der Waals surface area contributed by atoms with Gasteiger partial charge in [-0.15, -0.1) is 5.11 Å². The van der Waals surface area contributed by atoms with E-state index in [-0.39, 0.29) is 5.78 Å². The molecule has 0 atom stereocenters. The van der Waals surface area contributed by atoms with Gasteiger partial charge in [0.25, 0.3) is 0 Å². The number of benzene rings is 2. The fraction of sp³-hybridized carbons (Fsp3) is 0.263. The van der Waals surface area contributed by atoms with Gasteiger partial charge in [0.05, 0.1) is 30.4 Å². The number of nitrogens with zero attached hydrogens (tertiary/aromatic N) is 5. The number of hydrogen-bond acceptors (Lipinski definition) is 5. The summed E-state index contributed by atoms with van der Waals surface area (Å²) in [6.07, 6.45) is 0. The average molecular weight is 333 g/mol. The van der Waals surface area contributed by atoms with Crippen LogP contribution in [0, 0.1) is 11.3 Å². The minimum Gasteiger partial charge on any atom is -0.368 e. The Morgan fingerprint density at radius 2 is 1.64 bits per heavy atom. The second kappa shape index (κ2) is 7.58. The van der Waals surface area contributed by atoms with E-state index in [2.05, 4.69) is 21.3 Å². The molecule has 2 aromatic carbocycles. The zero-order valence-corrected chi connectivity index (χ0v) is 14.1. The van der Waals surface area contributed by atoms with Crippen LogP contribution >= 0.6 is 0 Å². The molecule has 1 heterocycles. The molecule has 0 saturated carbocycles. The number of hydrogen-bond donors (Lipinski definition) is 0. The molecular formula is C19H19N5O. The van der Waals surface area contributed by atoms with Crippen LogP contribution in [0.4, 0.5) is 11.4 Å². The number of Topliss-reactive ketones (excluding diaryl/α,β-unsaturated/α-hetero) is 1. The van der Waals surface area contributed by atoms with Gasteiger partial charge in [-0.1, -0.05) is 5.22 Å². The molecule has 0 N–H and O–H groups in total. The fourth-order valence-electron chi connectivity index (χ4n) is 2.67. The van der Waals surface area contributed by atoms with Crippen LogP contribution in [0.25, 0.3) is 0 Å². The Kier molecular flexibility index (Phi) is 5.05. The highest BCUT2D eigenvalue weighted by atomic mass is 16.1. The third kappa shape index (κ3) is 4.21. The predicted molar refractivity (Wildman–Crippen MR) is 95.9 cm³/mol. The molecule has 126 valence electrons. The van der Waals surface area contributed by atoms with Crippen LogP contribution in [-0.4, -0.2) is 37.0 Å². The van der Waals surface area contributed by atoms with Crippen molar-refractivity contribution in [3.63, 3.8) is 0 Å². The average Bonchev–Trinajstić information content (AvgIpc) is 2.67. The molecule has 0 aliphatic carbocycles. The molecule has 0 amide bonds. The molecule has 2 aromatic rings. The third-order valence-electron chi connectivity index (χ3n) is 4.18. The summed E-state index contributed by atoms with van der Waals surface area (Å²) in [7, 11) is 0. The van der Waals surface area contributed by atoms with Crippen molar-refractivity contribution in [2.45, 2.75) is 6.92 Å². The van der Waals surface area contributed by atoms with Gasteiger partial charge in [0, 0.05) is 24.3 Å². The van der Waals surface area contributed by atoms with Crippen molar-refractivity contribution >= 4 is 17.2 Å². The summed E-state index contributed by atoms with van der Waals surface area (Å²) < 4.78 is 0. The lowest BCUT2D eigenvalue weighted by Crippen LogP contribution is -2.43. The normalized spacial score (nSPS) is 14.6. The lowest BCUT2D eigenvalue weighted by molar-refractivity contribution is 0.101. The summed E-state index contributed by atoms with van der Waals surface area (Å²) in [5, 5.41) is 19.2. The molecular weight excluding hydrogens is 314 g/mol. The number of rotatable bonds is 4. The number of carbonyl (C=O) groups is 1. The van der Waals surface area contributed by atoms with Crippen molar-refractivity contribution in [2.75, 3.05) is 31.1 Å². The van der Waals surface area contributed by atoms with Crippen molar-refractivity contribution in [1.82, 2.24) is 5.01 Å². The summed E-state index contributed by atoms with van der Waals surface area (Å²) in [4.78, 5) is 13.6. The van der Waals surface area contributed by atoms with Crippen molar-refractivity contribution in [1.29, 1.82) is 5.26 Å². The molecule has 1 fully saturated rings. The Morgan fingerprint density at radius 1 is 1.00 bits per heavy atom. The van der Waals surface area contributed by atoms with Gasteiger partial charge >= 0.3 is 0 Å². The summed E-state index contributed by atoms with van der Waals surface area (Å²) >= 11 is 0. The second-order valence-electron chi connectivity index (χ2n) is 5.89. The van der Waals surface area contributed by atoms with E-state index in [0.717, 1.165) is 43.1 Å². The first-order valence-corrected chi connectivity index (χ1v) is 8.18. The molecule has 6 nitrogen and oxygen atoms in total. The predicted octanol–water partition coefficient (Wildman–Crippen LogP) is 3.58. The standard InChI is InChI=1S/C19H19N5O/c1-15(25)17-4-8-19(9-5-17)23-10-12-24(13-11-23)22-21-18-6-2-16(14-20)3-7-18/h2-9H,10-13H2,1H3/b22-21+. The smallest absolute Gasteiger partial charge is 0.159 e. The first-order chi connectivity index (χ1) is 12.2. The molecule has 0 aromatic heterocycles. The Labute approximate surface area is 147 Å². The Hall–Kier alpha value is -3.20. The van der Waals surface area contributed by atoms with Crippen molar-refractivity contribution < 1.29 is 4.79 Å². The van der Waals surface area contributed by atoms with Gasteiger partial charge in [0.15, 0.2) is 5.78 Å². The molecule has 1 saturated heterocycles. The molecule has 6 heteroatoms. The van der Waals surface area contributed by atoms with E-state index >= 15 is 0 Å². The number of piperazine rings is 1. The van der Waals surface area contributed by atoms with E-state index in [1.807, 2.05) is 29.3 Å². The Morgan fingerprint density at radius 3 is 2.20 bits per heavy atom. The van der Waals surface area contributed by atoms with Crippen molar-refractivity contribution in [3.05, 3.63) is 59.7 Å². The highest BCUT2D eigenvalue weighted by Crippen LogP contribution is 2.19. The van der Waals surface area contributed by atoms with Gasteiger partial charge in [-0.05, 0) is 55.5 Å². The minimum atomic E-state index is 0.0829. The van der Waals surface area contributed by atoms with Gasteiger partial charge in [-0.3, -0.25) is 9.80 Å². The van der Waals surface area contributed by atoms with Gasteiger partial charge in [-0.2, -0.15) is 5.26 Å². The summed E-state index contributed by atoms with van der Waals surface area (Å²) in [6.45, 7) is 4.85. The largest absolute Gasteiger partial charge is 0.368 e. The second-order valence-corrected chi connectivity index (χ2v) is 5.89. The number of ketones is 1. The molecule has 1 aliphatic rings. The van der Waals surface area contributed by atoms with Crippen molar-refractivity contribution in [2.24, 2.45) is 10.3 Å². The Bertz CT molecular complexity index is 797. The van der Waals surface area contributed by atoms with Gasteiger partial charge in [-0.25, -0.2) is 0 Å². The monoisotopic (exact) mass is 333 g/mol.